The van der Waals surface area contributed by atoms with Gasteiger partial charge >= 0.3 is 0 Å². The van der Waals surface area contributed by atoms with Crippen molar-refractivity contribution < 1.29 is 5.11 Å². The molecule has 4 rings (SSSR count). The zero-order valence-corrected chi connectivity index (χ0v) is 14.3. The lowest BCUT2D eigenvalue weighted by atomic mass is 10.0. The maximum Gasteiger partial charge on any atom is 0.136 e. The highest BCUT2D eigenvalue weighted by Crippen LogP contribution is 2.29. The molecular formula is C21H20N4O. The molecule has 0 atom stereocenters. The Morgan fingerprint density at radius 3 is 2.73 bits per heavy atom. The zero-order chi connectivity index (χ0) is 17.9. The predicted molar refractivity (Wildman–Crippen MR) is 106 cm³/mol. The first kappa shape index (κ1) is 16.3. The smallest absolute Gasteiger partial charge is 0.136 e. The van der Waals surface area contributed by atoms with E-state index in [4.69, 9.17) is 10.7 Å². The number of aromatic nitrogens is 2. The maximum atomic E-state index is 9.64. The molecular weight excluding hydrogens is 324 g/mol. The van der Waals surface area contributed by atoms with E-state index in [1.807, 2.05) is 36.4 Å². The number of phenols is 1. The van der Waals surface area contributed by atoms with Gasteiger partial charge in [0, 0.05) is 23.7 Å². The first-order chi connectivity index (χ1) is 12.7. The molecule has 0 aliphatic heterocycles. The van der Waals surface area contributed by atoms with Crippen molar-refractivity contribution in [3.8, 4) is 17.0 Å². The van der Waals surface area contributed by atoms with E-state index >= 15 is 0 Å². The lowest BCUT2D eigenvalue weighted by molar-refractivity contribution is 0.476. The maximum absolute atomic E-state index is 9.64. The van der Waals surface area contributed by atoms with Crippen LogP contribution in [-0.4, -0.2) is 28.2 Å². The molecule has 0 fully saturated rings. The lowest BCUT2D eigenvalue weighted by Gasteiger charge is -2.11. The summed E-state index contributed by atoms with van der Waals surface area (Å²) in [5.74, 6) is 1.09. The molecule has 0 radical (unpaired) electrons. The molecule has 2 aromatic carbocycles. The second-order valence-electron chi connectivity index (χ2n) is 6.24. The fourth-order valence-electron chi connectivity index (χ4n) is 3.06. The molecule has 130 valence electrons. The van der Waals surface area contributed by atoms with Gasteiger partial charge in [-0.05, 0) is 60.1 Å². The molecule has 0 saturated carbocycles. The summed E-state index contributed by atoms with van der Waals surface area (Å²) >= 11 is 0. The number of nitrogens with two attached hydrogens (primary N) is 1. The molecule has 2 heterocycles. The average molecular weight is 344 g/mol. The Balaban J connectivity index is 1.81. The van der Waals surface area contributed by atoms with Crippen LogP contribution in [0.3, 0.4) is 0 Å². The number of hydrogen-bond acceptors (Lipinski definition) is 5. The minimum atomic E-state index is 0.268. The second-order valence-corrected chi connectivity index (χ2v) is 6.24. The minimum absolute atomic E-state index is 0.268. The third kappa shape index (κ3) is 3.17. The minimum Gasteiger partial charge on any atom is -0.508 e. The Bertz CT molecular complexity index is 1080. The third-order valence-electron chi connectivity index (χ3n) is 4.39. The molecule has 0 aliphatic carbocycles. The van der Waals surface area contributed by atoms with Crippen molar-refractivity contribution in [2.45, 2.75) is 6.42 Å². The van der Waals surface area contributed by atoms with Crippen LogP contribution in [0.1, 0.15) is 6.42 Å². The summed E-state index contributed by atoms with van der Waals surface area (Å²) < 4.78 is 0. The van der Waals surface area contributed by atoms with Crippen molar-refractivity contribution in [2.24, 2.45) is 5.73 Å². The molecule has 4 N–H and O–H groups in total. The van der Waals surface area contributed by atoms with Crippen molar-refractivity contribution in [3.05, 3.63) is 60.8 Å². The lowest BCUT2D eigenvalue weighted by Crippen LogP contribution is -2.10. The summed E-state index contributed by atoms with van der Waals surface area (Å²) in [6.45, 7) is 1.41. The van der Waals surface area contributed by atoms with E-state index in [1.54, 1.807) is 18.3 Å². The first-order valence-electron chi connectivity index (χ1n) is 8.67. The van der Waals surface area contributed by atoms with Crippen LogP contribution in [0.4, 0.5) is 5.82 Å². The monoisotopic (exact) mass is 344 g/mol. The summed E-state index contributed by atoms with van der Waals surface area (Å²) in [4.78, 5) is 9.32. The number of fused-ring (bicyclic) bond motifs is 2. The van der Waals surface area contributed by atoms with Crippen molar-refractivity contribution in [1.82, 2.24) is 9.97 Å². The van der Waals surface area contributed by atoms with Crippen LogP contribution < -0.4 is 11.1 Å². The van der Waals surface area contributed by atoms with Gasteiger partial charge in [-0.3, -0.25) is 4.98 Å². The molecule has 0 unspecified atom stereocenters. The molecule has 5 heteroatoms. The summed E-state index contributed by atoms with van der Waals surface area (Å²) in [7, 11) is 0. The van der Waals surface area contributed by atoms with Crippen LogP contribution in [0.5, 0.6) is 5.75 Å². The van der Waals surface area contributed by atoms with E-state index in [9.17, 15) is 5.11 Å². The number of hydrogen-bond donors (Lipinski definition) is 3. The van der Waals surface area contributed by atoms with Gasteiger partial charge in [-0.15, -0.1) is 0 Å². The summed E-state index contributed by atoms with van der Waals surface area (Å²) in [6, 6.07) is 17.4. The van der Waals surface area contributed by atoms with E-state index in [-0.39, 0.29) is 5.75 Å². The normalized spacial score (nSPS) is 11.1. The van der Waals surface area contributed by atoms with Crippen LogP contribution in [0, 0.1) is 0 Å². The van der Waals surface area contributed by atoms with E-state index in [0.29, 0.717) is 6.54 Å². The van der Waals surface area contributed by atoms with Crippen LogP contribution in [-0.2, 0) is 0 Å². The third-order valence-corrected chi connectivity index (χ3v) is 4.39. The Morgan fingerprint density at radius 1 is 1.00 bits per heavy atom. The predicted octanol–water partition coefficient (Wildman–Crippen LogP) is 3.92. The Labute approximate surface area is 151 Å². The highest BCUT2D eigenvalue weighted by atomic mass is 16.3. The van der Waals surface area contributed by atoms with Gasteiger partial charge in [0.1, 0.15) is 11.6 Å². The van der Waals surface area contributed by atoms with Crippen LogP contribution in [0.15, 0.2) is 60.8 Å². The zero-order valence-electron chi connectivity index (χ0n) is 14.3. The van der Waals surface area contributed by atoms with Gasteiger partial charge in [-0.25, -0.2) is 4.98 Å². The number of rotatable bonds is 5. The van der Waals surface area contributed by atoms with Gasteiger partial charge in [0.25, 0.3) is 0 Å². The fraction of sp³-hybridized carbons (Fsp3) is 0.143. The number of nitrogens with zero attached hydrogens (tertiary/aromatic N) is 2. The van der Waals surface area contributed by atoms with Gasteiger partial charge in [-0.2, -0.15) is 0 Å². The molecule has 0 amide bonds. The molecule has 0 aliphatic rings. The Morgan fingerprint density at radius 2 is 1.85 bits per heavy atom. The van der Waals surface area contributed by atoms with Gasteiger partial charge in [0.15, 0.2) is 0 Å². The van der Waals surface area contributed by atoms with E-state index in [0.717, 1.165) is 51.7 Å². The SMILES string of the molecule is NCCCNc1nc(-c2ccc3cc(O)ccc3c2)cc2ncccc12. The molecule has 0 saturated heterocycles. The van der Waals surface area contributed by atoms with Gasteiger partial charge in [-0.1, -0.05) is 18.2 Å². The highest BCUT2D eigenvalue weighted by Gasteiger charge is 2.09. The van der Waals surface area contributed by atoms with Gasteiger partial charge in [0.05, 0.1) is 11.2 Å². The number of nitrogens with one attached hydrogen (secondary N) is 1. The first-order valence-corrected chi connectivity index (χ1v) is 8.67. The largest absolute Gasteiger partial charge is 0.508 e. The average Bonchev–Trinajstić information content (AvgIpc) is 2.67. The number of pyridine rings is 2. The van der Waals surface area contributed by atoms with Crippen molar-refractivity contribution in [3.63, 3.8) is 0 Å². The van der Waals surface area contributed by atoms with E-state index in [1.165, 1.54) is 0 Å². The van der Waals surface area contributed by atoms with Crippen molar-refractivity contribution in [1.29, 1.82) is 0 Å². The standard InChI is InChI=1S/C21H20N4O/c22-8-2-10-24-21-18-3-1-9-23-20(18)13-19(25-21)16-5-4-15-12-17(26)7-6-14(15)11-16/h1,3-7,9,11-13,26H,2,8,10,22H2,(H,24,25). The fourth-order valence-corrected chi connectivity index (χ4v) is 3.06. The topological polar surface area (TPSA) is 84.1 Å². The van der Waals surface area contributed by atoms with Crippen LogP contribution in [0.25, 0.3) is 32.9 Å². The van der Waals surface area contributed by atoms with Crippen LogP contribution >= 0.6 is 0 Å². The highest BCUT2D eigenvalue weighted by molar-refractivity contribution is 5.93. The summed E-state index contributed by atoms with van der Waals surface area (Å²) in [6.07, 6.45) is 2.67. The molecule has 2 aromatic heterocycles. The number of aromatic hydroxyl groups is 1. The van der Waals surface area contributed by atoms with E-state index in [2.05, 4.69) is 16.4 Å². The number of phenolic OH excluding ortho intramolecular Hbond substituents is 1. The number of anilines is 1. The molecule has 26 heavy (non-hydrogen) atoms. The summed E-state index contributed by atoms with van der Waals surface area (Å²) in [5.41, 5.74) is 8.37. The Hall–Kier alpha value is -3.18. The quantitative estimate of drug-likeness (QED) is 0.478. The van der Waals surface area contributed by atoms with E-state index < -0.39 is 0 Å². The van der Waals surface area contributed by atoms with Crippen molar-refractivity contribution >= 4 is 27.5 Å². The van der Waals surface area contributed by atoms with Crippen LogP contribution in [0.2, 0.25) is 0 Å². The van der Waals surface area contributed by atoms with Gasteiger partial charge in [0.2, 0.25) is 0 Å². The second kappa shape index (κ2) is 6.98. The summed E-state index contributed by atoms with van der Waals surface area (Å²) in [5, 5.41) is 16.1. The van der Waals surface area contributed by atoms with Gasteiger partial charge < -0.3 is 16.2 Å². The van der Waals surface area contributed by atoms with Crippen molar-refractivity contribution in [2.75, 3.05) is 18.4 Å². The molecule has 0 bridgehead atoms. The molecule has 4 aromatic rings. The molecule has 0 spiro atoms. The Kier molecular flexibility index (Phi) is 4.37. The number of benzene rings is 2. The molecule has 5 nitrogen and oxygen atoms in total.